The van der Waals surface area contributed by atoms with Gasteiger partial charge in [0.05, 0.1) is 17.6 Å². The van der Waals surface area contributed by atoms with Crippen molar-refractivity contribution < 1.29 is 9.18 Å². The fraction of sp³-hybridized carbons (Fsp3) is 0.261. The Kier molecular flexibility index (Phi) is 5.55. The summed E-state index contributed by atoms with van der Waals surface area (Å²) in [6, 6.07) is 15.5. The van der Waals surface area contributed by atoms with Crippen molar-refractivity contribution in [2.75, 3.05) is 13.1 Å². The largest absolute Gasteiger partial charge is 0.348 e. The summed E-state index contributed by atoms with van der Waals surface area (Å²) in [5, 5.41) is 15.1. The van der Waals surface area contributed by atoms with Gasteiger partial charge < -0.3 is 4.90 Å². The molecule has 10 heteroatoms. The predicted molar refractivity (Wildman–Crippen MR) is 118 cm³/mol. The number of piperidine rings is 1. The number of aromatic nitrogens is 6. The van der Waals surface area contributed by atoms with E-state index >= 15 is 0 Å². The van der Waals surface area contributed by atoms with Crippen molar-refractivity contribution in [3.05, 3.63) is 88.6 Å². The molecule has 0 radical (unpaired) electrons. The van der Waals surface area contributed by atoms with Crippen molar-refractivity contribution in [3.8, 4) is 11.4 Å². The smallest absolute Gasteiger partial charge is 0.337 e. The van der Waals surface area contributed by atoms with E-state index in [1.807, 2.05) is 30.3 Å². The summed E-state index contributed by atoms with van der Waals surface area (Å²) < 4.78 is 15.6. The fourth-order valence-corrected chi connectivity index (χ4v) is 4.23. The van der Waals surface area contributed by atoms with Crippen LogP contribution in [0.5, 0.6) is 0 Å². The van der Waals surface area contributed by atoms with Crippen LogP contribution in [0.1, 0.15) is 29.2 Å². The van der Waals surface area contributed by atoms with Gasteiger partial charge in [0, 0.05) is 19.5 Å². The Morgan fingerprint density at radius 3 is 2.73 bits per heavy atom. The number of nitrogens with zero attached hydrogens (tertiary/aromatic N) is 6. The van der Waals surface area contributed by atoms with Gasteiger partial charge >= 0.3 is 5.69 Å². The van der Waals surface area contributed by atoms with E-state index in [1.165, 1.54) is 21.6 Å². The third kappa shape index (κ3) is 4.19. The van der Waals surface area contributed by atoms with Gasteiger partial charge in [-0.3, -0.25) is 4.79 Å². The number of benzene rings is 2. The normalized spacial score (nSPS) is 16.2. The summed E-state index contributed by atoms with van der Waals surface area (Å²) in [7, 11) is 0. The monoisotopic (exact) mass is 447 g/mol. The third-order valence-electron chi connectivity index (χ3n) is 5.81. The molecule has 0 spiro atoms. The number of likely N-dealkylation sites (tertiary alicyclic amines) is 1. The van der Waals surface area contributed by atoms with E-state index in [1.54, 1.807) is 23.1 Å². The molecule has 0 saturated carbocycles. The lowest BCUT2D eigenvalue weighted by Crippen LogP contribution is -2.41. The zero-order valence-electron chi connectivity index (χ0n) is 17.8. The molecule has 33 heavy (non-hydrogen) atoms. The molecule has 1 aliphatic rings. The lowest BCUT2D eigenvalue weighted by molar-refractivity contribution is 0.0665. The zero-order chi connectivity index (χ0) is 22.8. The molecule has 1 saturated heterocycles. The summed E-state index contributed by atoms with van der Waals surface area (Å²) >= 11 is 0. The molecule has 2 aromatic heterocycles. The predicted octanol–water partition coefficient (Wildman–Crippen LogP) is 2.38. The molecule has 5 rings (SSSR count). The minimum atomic E-state index is -0.496. The molecule has 168 valence electrons. The standard InChI is InChI=1S/C23H22FN7O2/c24-18-10-4-5-11-20(18)30-21(26-27-23(30)33)13-16-7-6-12-29(15-16)22(32)19-14-25-31(28-19)17-8-2-1-3-9-17/h1-5,8-11,14,16H,6-7,12-13,15H2,(H,27,33)/t16-/m1/s1. The van der Waals surface area contributed by atoms with Crippen LogP contribution in [0.15, 0.2) is 65.6 Å². The van der Waals surface area contributed by atoms with Crippen molar-refractivity contribution in [1.82, 2.24) is 34.7 Å². The molecule has 0 bridgehead atoms. The van der Waals surface area contributed by atoms with Gasteiger partial charge in [0.2, 0.25) is 0 Å². The van der Waals surface area contributed by atoms with Crippen LogP contribution in [0.2, 0.25) is 0 Å². The van der Waals surface area contributed by atoms with Gasteiger partial charge in [-0.1, -0.05) is 30.3 Å². The second kappa shape index (κ2) is 8.81. The van der Waals surface area contributed by atoms with E-state index in [0.717, 1.165) is 18.5 Å². The van der Waals surface area contributed by atoms with Crippen LogP contribution < -0.4 is 5.69 Å². The highest BCUT2D eigenvalue weighted by Gasteiger charge is 2.28. The highest BCUT2D eigenvalue weighted by molar-refractivity contribution is 5.92. The van der Waals surface area contributed by atoms with Crippen molar-refractivity contribution in [3.63, 3.8) is 0 Å². The Bertz CT molecular complexity index is 1330. The van der Waals surface area contributed by atoms with Crippen LogP contribution in [0, 0.1) is 11.7 Å². The Labute approximate surface area is 188 Å². The molecule has 4 aromatic rings. The zero-order valence-corrected chi connectivity index (χ0v) is 17.8. The van der Waals surface area contributed by atoms with Crippen LogP contribution >= 0.6 is 0 Å². The first-order valence-electron chi connectivity index (χ1n) is 10.8. The summed E-state index contributed by atoms with van der Waals surface area (Å²) in [6.45, 7) is 1.11. The van der Waals surface area contributed by atoms with Crippen LogP contribution in [-0.2, 0) is 6.42 Å². The number of hydrogen-bond acceptors (Lipinski definition) is 5. The van der Waals surface area contributed by atoms with Gasteiger partial charge in [0.15, 0.2) is 5.69 Å². The molecule has 1 fully saturated rings. The maximum Gasteiger partial charge on any atom is 0.348 e. The molecule has 0 unspecified atom stereocenters. The number of para-hydroxylation sites is 2. The number of nitrogens with one attached hydrogen (secondary N) is 1. The Morgan fingerprint density at radius 2 is 1.91 bits per heavy atom. The van der Waals surface area contributed by atoms with Crippen LogP contribution in [0.4, 0.5) is 4.39 Å². The number of carbonyl (C=O) groups is 1. The SMILES string of the molecule is O=C(c1cnn(-c2ccccc2)n1)N1CCC[C@H](Cc2n[nH]c(=O)n2-c2ccccc2F)C1. The van der Waals surface area contributed by atoms with Gasteiger partial charge in [-0.15, -0.1) is 5.10 Å². The first-order valence-corrected chi connectivity index (χ1v) is 10.8. The molecule has 1 amide bonds. The lowest BCUT2D eigenvalue weighted by Gasteiger charge is -2.32. The minimum absolute atomic E-state index is 0.0765. The van der Waals surface area contributed by atoms with Gasteiger partial charge in [-0.05, 0) is 43.0 Å². The Balaban J connectivity index is 1.32. The lowest BCUT2D eigenvalue weighted by atomic mass is 9.94. The quantitative estimate of drug-likeness (QED) is 0.506. The van der Waals surface area contributed by atoms with Crippen LogP contribution in [0.25, 0.3) is 11.4 Å². The topological polar surface area (TPSA) is 102 Å². The van der Waals surface area contributed by atoms with Crippen LogP contribution in [0.3, 0.4) is 0 Å². The highest BCUT2D eigenvalue weighted by atomic mass is 19.1. The molecular formula is C23H22FN7O2. The number of hydrogen-bond donors (Lipinski definition) is 1. The molecule has 0 aliphatic carbocycles. The number of carbonyl (C=O) groups excluding carboxylic acids is 1. The number of halogens is 1. The first-order chi connectivity index (χ1) is 16.1. The van der Waals surface area contributed by atoms with E-state index in [9.17, 15) is 14.0 Å². The Morgan fingerprint density at radius 1 is 1.12 bits per heavy atom. The van der Waals surface area contributed by atoms with E-state index in [0.29, 0.717) is 25.3 Å². The minimum Gasteiger partial charge on any atom is -0.337 e. The van der Waals surface area contributed by atoms with E-state index in [4.69, 9.17) is 0 Å². The molecule has 1 atom stereocenters. The van der Waals surface area contributed by atoms with E-state index < -0.39 is 11.5 Å². The van der Waals surface area contributed by atoms with Crippen molar-refractivity contribution >= 4 is 5.91 Å². The summed E-state index contributed by atoms with van der Waals surface area (Å²) in [5.74, 6) is -0.161. The van der Waals surface area contributed by atoms with Gasteiger partial charge in [0.25, 0.3) is 5.91 Å². The van der Waals surface area contributed by atoms with E-state index in [-0.39, 0.29) is 23.2 Å². The molecule has 9 nitrogen and oxygen atoms in total. The molecule has 3 heterocycles. The van der Waals surface area contributed by atoms with Crippen molar-refractivity contribution in [1.29, 1.82) is 0 Å². The summed E-state index contributed by atoms with van der Waals surface area (Å²) in [4.78, 5) is 28.6. The van der Waals surface area contributed by atoms with Crippen LogP contribution in [-0.4, -0.2) is 53.7 Å². The fourth-order valence-electron chi connectivity index (χ4n) is 4.23. The molecule has 1 aliphatic heterocycles. The maximum absolute atomic E-state index is 14.3. The Hall–Kier alpha value is -4.08. The highest BCUT2D eigenvalue weighted by Crippen LogP contribution is 2.22. The number of aromatic amines is 1. The second-order valence-corrected chi connectivity index (χ2v) is 8.05. The second-order valence-electron chi connectivity index (χ2n) is 8.05. The van der Waals surface area contributed by atoms with E-state index in [2.05, 4.69) is 20.4 Å². The van der Waals surface area contributed by atoms with Crippen molar-refractivity contribution in [2.45, 2.75) is 19.3 Å². The first kappa shape index (κ1) is 20.8. The number of rotatable bonds is 5. The van der Waals surface area contributed by atoms with Gasteiger partial charge in [-0.25, -0.2) is 18.9 Å². The maximum atomic E-state index is 14.3. The number of amides is 1. The van der Waals surface area contributed by atoms with Gasteiger partial charge in [0.1, 0.15) is 11.6 Å². The molecule has 1 N–H and O–H groups in total. The molecular weight excluding hydrogens is 425 g/mol. The number of H-pyrrole nitrogens is 1. The average molecular weight is 447 g/mol. The summed E-state index contributed by atoms with van der Waals surface area (Å²) in [5.41, 5.74) is 0.726. The summed E-state index contributed by atoms with van der Waals surface area (Å²) in [6.07, 6.45) is 3.60. The van der Waals surface area contributed by atoms with Crippen molar-refractivity contribution in [2.24, 2.45) is 5.92 Å². The van der Waals surface area contributed by atoms with Gasteiger partial charge in [-0.2, -0.15) is 15.0 Å². The average Bonchev–Trinajstić information content (AvgIpc) is 3.47. The third-order valence-corrected chi connectivity index (χ3v) is 5.81. The molecule has 2 aromatic carbocycles.